The summed E-state index contributed by atoms with van der Waals surface area (Å²) >= 11 is 0. The lowest BCUT2D eigenvalue weighted by atomic mass is 9.87. The molecule has 4 rings (SSSR count). The summed E-state index contributed by atoms with van der Waals surface area (Å²) in [7, 11) is 0. The number of rotatable bonds is 4. The molecule has 0 unspecified atom stereocenters. The average molecular weight is 340 g/mol. The fourth-order valence-corrected chi connectivity index (χ4v) is 3.15. The lowest BCUT2D eigenvalue weighted by Crippen LogP contribution is -2.40. The number of aliphatic hydroxyl groups is 1. The number of aromatic nitrogens is 2. The van der Waals surface area contributed by atoms with Crippen LogP contribution in [-0.2, 0) is 6.54 Å². The lowest BCUT2D eigenvalue weighted by molar-refractivity contribution is -0.686. The smallest absolute Gasteiger partial charge is 0.306 e. The molecule has 1 aliphatic rings. The fraction of sp³-hybridized carbons (Fsp3) is 0.222. The minimum atomic E-state index is -0.288. The quantitative estimate of drug-likeness (QED) is 0.490. The van der Waals surface area contributed by atoms with Crippen molar-refractivity contribution < 1.29 is 23.9 Å². The highest BCUT2D eigenvalue weighted by atomic mass is 16.5. The van der Waals surface area contributed by atoms with Crippen LogP contribution in [0.5, 0.6) is 17.4 Å². The standard InChI is InChI=1S/C18H17N3O4/c19-17-16-15(13-3-1-8-24-13)12-5-4-11(23)9-14(12)25-18(16)20-10-21(17)6-2-7-22/h1,3-5,8-10,15,19,22-23H,2,6-7H2/p+1/t15-/m1/s1. The van der Waals surface area contributed by atoms with E-state index in [1.807, 2.05) is 12.1 Å². The Hall–Kier alpha value is -3.06. The Kier molecular flexibility index (Phi) is 3.77. The topological polar surface area (TPSA) is 106 Å². The third kappa shape index (κ3) is 2.58. The molecule has 0 saturated heterocycles. The van der Waals surface area contributed by atoms with Crippen LogP contribution in [0.1, 0.15) is 29.2 Å². The van der Waals surface area contributed by atoms with E-state index in [-0.39, 0.29) is 18.3 Å². The van der Waals surface area contributed by atoms with E-state index in [1.165, 1.54) is 0 Å². The van der Waals surface area contributed by atoms with Gasteiger partial charge in [0.15, 0.2) is 0 Å². The summed E-state index contributed by atoms with van der Waals surface area (Å²) in [5.41, 5.74) is 7.96. The van der Waals surface area contributed by atoms with Gasteiger partial charge in [-0.3, -0.25) is 0 Å². The van der Waals surface area contributed by atoms with Gasteiger partial charge in [0.2, 0.25) is 12.1 Å². The third-order valence-corrected chi connectivity index (χ3v) is 4.32. The number of hydrogen-bond acceptors (Lipinski definition) is 6. The molecular weight excluding hydrogens is 322 g/mol. The number of fused-ring (bicyclic) bond motifs is 2. The van der Waals surface area contributed by atoms with Gasteiger partial charge < -0.3 is 25.1 Å². The molecule has 0 bridgehead atoms. The number of nitrogens with zero attached hydrogens (tertiary/aromatic N) is 2. The van der Waals surface area contributed by atoms with Crippen LogP contribution >= 0.6 is 0 Å². The van der Waals surface area contributed by atoms with E-state index in [0.29, 0.717) is 41.7 Å². The summed E-state index contributed by atoms with van der Waals surface area (Å²) in [6.45, 7) is 0.625. The summed E-state index contributed by atoms with van der Waals surface area (Å²) in [5.74, 6) is 1.96. The van der Waals surface area contributed by atoms with Crippen LogP contribution in [0.15, 0.2) is 47.3 Å². The van der Waals surface area contributed by atoms with Crippen molar-refractivity contribution in [3.05, 3.63) is 59.8 Å². The van der Waals surface area contributed by atoms with Gasteiger partial charge in [0.25, 0.3) is 0 Å². The number of aryl methyl sites for hydroxylation is 1. The van der Waals surface area contributed by atoms with Gasteiger partial charge in [0.1, 0.15) is 22.8 Å². The lowest BCUT2D eigenvalue weighted by Gasteiger charge is -2.25. The first-order valence-electron chi connectivity index (χ1n) is 8.02. The van der Waals surface area contributed by atoms with Gasteiger partial charge in [-0.2, -0.15) is 0 Å². The van der Waals surface area contributed by atoms with Crippen molar-refractivity contribution in [1.82, 2.24) is 4.98 Å². The predicted molar refractivity (Wildman–Crippen MR) is 88.4 cm³/mol. The minimum Gasteiger partial charge on any atom is -0.508 e. The van der Waals surface area contributed by atoms with Gasteiger partial charge >= 0.3 is 5.88 Å². The molecule has 7 nitrogen and oxygen atoms in total. The maximum absolute atomic E-state index is 9.77. The molecule has 4 N–H and O–H groups in total. The van der Waals surface area contributed by atoms with E-state index in [9.17, 15) is 5.11 Å². The fourth-order valence-electron chi connectivity index (χ4n) is 3.15. The number of nitrogen functional groups attached to an aromatic ring is 1. The summed E-state index contributed by atoms with van der Waals surface area (Å²) in [4.78, 5) is 4.38. The molecule has 3 aromatic rings. The molecule has 0 saturated carbocycles. The number of aromatic hydroxyl groups is 1. The first kappa shape index (κ1) is 15.5. The Morgan fingerprint density at radius 1 is 1.28 bits per heavy atom. The molecule has 3 heterocycles. The van der Waals surface area contributed by atoms with Crippen molar-refractivity contribution >= 4 is 5.82 Å². The Balaban J connectivity index is 1.91. The zero-order valence-electron chi connectivity index (χ0n) is 13.4. The predicted octanol–water partition coefficient (Wildman–Crippen LogP) is 1.92. The van der Waals surface area contributed by atoms with Crippen LogP contribution in [0.3, 0.4) is 0 Å². The normalized spacial score (nSPS) is 15.3. The molecule has 2 aromatic heterocycles. The summed E-state index contributed by atoms with van der Waals surface area (Å²) in [6, 6.07) is 8.65. The average Bonchev–Trinajstić information content (AvgIpc) is 3.13. The van der Waals surface area contributed by atoms with Crippen molar-refractivity contribution in [3.8, 4) is 17.4 Å². The maximum Gasteiger partial charge on any atom is 0.306 e. The van der Waals surface area contributed by atoms with Gasteiger partial charge in [-0.05, 0) is 18.2 Å². The molecule has 0 aliphatic carbocycles. The van der Waals surface area contributed by atoms with Crippen molar-refractivity contribution in [2.24, 2.45) is 0 Å². The van der Waals surface area contributed by atoms with Crippen molar-refractivity contribution in [2.75, 3.05) is 12.3 Å². The van der Waals surface area contributed by atoms with E-state index >= 15 is 0 Å². The monoisotopic (exact) mass is 340 g/mol. The summed E-state index contributed by atoms with van der Waals surface area (Å²) in [6.07, 6.45) is 3.78. The Bertz CT molecular complexity index is 909. The van der Waals surface area contributed by atoms with E-state index in [0.717, 1.165) is 5.56 Å². The number of anilines is 1. The number of furan rings is 1. The Morgan fingerprint density at radius 2 is 2.16 bits per heavy atom. The van der Waals surface area contributed by atoms with Crippen LogP contribution < -0.4 is 15.0 Å². The third-order valence-electron chi connectivity index (χ3n) is 4.32. The van der Waals surface area contributed by atoms with Gasteiger partial charge in [0.05, 0.1) is 18.7 Å². The van der Waals surface area contributed by atoms with Gasteiger partial charge in [-0.1, -0.05) is 11.1 Å². The number of nitrogens with two attached hydrogens (primary N) is 1. The number of benzene rings is 1. The number of phenols is 1. The number of hydrogen-bond donors (Lipinski definition) is 3. The maximum atomic E-state index is 9.77. The van der Waals surface area contributed by atoms with E-state index < -0.39 is 0 Å². The van der Waals surface area contributed by atoms with Crippen LogP contribution in [0.4, 0.5) is 5.82 Å². The molecule has 1 aliphatic heterocycles. The van der Waals surface area contributed by atoms with E-state index in [4.69, 9.17) is 20.0 Å². The first-order valence-corrected chi connectivity index (χ1v) is 8.02. The van der Waals surface area contributed by atoms with Crippen LogP contribution in [0.2, 0.25) is 0 Å². The molecule has 25 heavy (non-hydrogen) atoms. The van der Waals surface area contributed by atoms with Crippen LogP contribution in [0, 0.1) is 0 Å². The van der Waals surface area contributed by atoms with Gasteiger partial charge in [0, 0.05) is 24.7 Å². The molecule has 0 amide bonds. The zero-order valence-corrected chi connectivity index (χ0v) is 13.4. The second kappa shape index (κ2) is 6.10. The highest BCUT2D eigenvalue weighted by Crippen LogP contribution is 2.48. The minimum absolute atomic E-state index is 0.0732. The number of aliphatic hydroxyl groups excluding tert-OH is 1. The van der Waals surface area contributed by atoms with Crippen molar-refractivity contribution in [2.45, 2.75) is 18.9 Å². The van der Waals surface area contributed by atoms with Crippen LogP contribution in [0.25, 0.3) is 0 Å². The summed E-state index contributed by atoms with van der Waals surface area (Å²) < 4.78 is 13.3. The second-order valence-electron chi connectivity index (χ2n) is 5.89. The number of phenolic OH excluding ortho intramolecular Hbond substituents is 1. The zero-order chi connectivity index (χ0) is 17.4. The Labute approximate surface area is 143 Å². The van der Waals surface area contributed by atoms with Crippen LogP contribution in [-0.4, -0.2) is 21.8 Å². The Morgan fingerprint density at radius 3 is 2.92 bits per heavy atom. The van der Waals surface area contributed by atoms with E-state index in [2.05, 4.69) is 4.98 Å². The van der Waals surface area contributed by atoms with Gasteiger partial charge in [-0.25, -0.2) is 4.57 Å². The highest BCUT2D eigenvalue weighted by Gasteiger charge is 2.37. The SMILES string of the molecule is Nc1c2c(nc[n+]1CCCO)Oc1cc(O)ccc1[C@@H]2c1ccco1. The highest BCUT2D eigenvalue weighted by molar-refractivity contribution is 5.60. The first-order chi connectivity index (χ1) is 12.2. The summed E-state index contributed by atoms with van der Waals surface area (Å²) in [5, 5.41) is 18.8. The molecule has 128 valence electrons. The molecule has 7 heteroatoms. The van der Waals surface area contributed by atoms with Crippen molar-refractivity contribution in [1.29, 1.82) is 0 Å². The molecular formula is C18H18N3O4+. The van der Waals surface area contributed by atoms with Crippen molar-refractivity contribution in [3.63, 3.8) is 0 Å². The van der Waals surface area contributed by atoms with E-state index in [1.54, 1.807) is 35.4 Å². The molecule has 0 radical (unpaired) electrons. The number of ether oxygens (including phenoxy) is 1. The molecule has 0 spiro atoms. The second-order valence-corrected chi connectivity index (χ2v) is 5.89. The molecule has 1 atom stereocenters. The largest absolute Gasteiger partial charge is 0.508 e. The van der Waals surface area contributed by atoms with Gasteiger partial charge in [-0.15, -0.1) is 0 Å². The molecule has 0 fully saturated rings. The molecule has 1 aromatic carbocycles.